The molecule has 0 amide bonds. The van der Waals surface area contributed by atoms with Gasteiger partial charge in [-0.25, -0.2) is 4.79 Å². The second-order valence-corrected chi connectivity index (χ2v) is 5.90. The third-order valence-corrected chi connectivity index (χ3v) is 3.00. The zero-order chi connectivity index (χ0) is 14.8. The van der Waals surface area contributed by atoms with Crippen molar-refractivity contribution in [1.82, 2.24) is 0 Å². The number of benzene rings is 1. The number of rotatable bonds is 5. The number of esters is 1. The highest BCUT2D eigenvalue weighted by molar-refractivity contribution is 6.16. The fraction of sp³-hybridized carbons (Fsp3) is 0.500. The summed E-state index contributed by atoms with van der Waals surface area (Å²) >= 11 is 0. The number of aryl methyl sites for hydroxylation is 1. The summed E-state index contributed by atoms with van der Waals surface area (Å²) in [4.78, 5) is 16.0. The van der Waals surface area contributed by atoms with E-state index in [9.17, 15) is 4.79 Å². The minimum Gasteiger partial charge on any atom is -0.497 e. The SMILES string of the molecule is COc1ccc(CCC2=NC2C(=O)OC(C)(C)C)cc1. The molecule has 108 valence electrons. The van der Waals surface area contributed by atoms with Crippen LogP contribution in [0.3, 0.4) is 0 Å². The first kappa shape index (κ1) is 14.6. The Balaban J connectivity index is 1.76. The van der Waals surface area contributed by atoms with Crippen molar-refractivity contribution in [3.63, 3.8) is 0 Å². The second kappa shape index (κ2) is 5.65. The molecule has 0 aromatic heterocycles. The first-order valence-corrected chi connectivity index (χ1v) is 6.81. The summed E-state index contributed by atoms with van der Waals surface area (Å²) in [6.07, 6.45) is 1.68. The molecule has 2 rings (SSSR count). The smallest absolute Gasteiger partial charge is 0.337 e. The van der Waals surface area contributed by atoms with Crippen LogP contribution in [-0.2, 0) is 16.0 Å². The number of nitrogens with zero attached hydrogens (tertiary/aromatic N) is 1. The molecule has 0 saturated carbocycles. The zero-order valence-corrected chi connectivity index (χ0v) is 12.5. The quantitative estimate of drug-likeness (QED) is 0.776. The standard InChI is InChI=1S/C16H21NO3/c1-16(2,3)20-15(18)14-13(17-14)10-7-11-5-8-12(19-4)9-6-11/h5-6,8-9,14H,7,10H2,1-4H3. The summed E-state index contributed by atoms with van der Waals surface area (Å²) in [6, 6.07) is 7.60. The van der Waals surface area contributed by atoms with Crippen LogP contribution in [0.4, 0.5) is 0 Å². The van der Waals surface area contributed by atoms with Gasteiger partial charge in [-0.15, -0.1) is 0 Å². The molecule has 0 radical (unpaired) electrons. The highest BCUT2D eigenvalue weighted by Crippen LogP contribution is 2.22. The number of carbonyl (C=O) groups excluding carboxylic acids is 1. The van der Waals surface area contributed by atoms with Gasteiger partial charge in [0.1, 0.15) is 11.4 Å². The van der Waals surface area contributed by atoms with E-state index in [1.807, 2.05) is 45.0 Å². The highest BCUT2D eigenvalue weighted by atomic mass is 16.6. The maximum absolute atomic E-state index is 11.8. The van der Waals surface area contributed by atoms with Gasteiger partial charge >= 0.3 is 5.97 Å². The van der Waals surface area contributed by atoms with Gasteiger partial charge < -0.3 is 9.47 Å². The maximum Gasteiger partial charge on any atom is 0.337 e. The second-order valence-electron chi connectivity index (χ2n) is 5.90. The molecule has 1 heterocycles. The molecule has 1 aliphatic rings. The van der Waals surface area contributed by atoms with Crippen LogP contribution in [0.15, 0.2) is 29.3 Å². The Hall–Kier alpha value is -1.84. The van der Waals surface area contributed by atoms with Crippen molar-refractivity contribution in [2.45, 2.75) is 45.3 Å². The molecule has 0 bridgehead atoms. The van der Waals surface area contributed by atoms with Crippen molar-refractivity contribution in [3.05, 3.63) is 29.8 Å². The van der Waals surface area contributed by atoms with Gasteiger partial charge in [-0.2, -0.15) is 0 Å². The van der Waals surface area contributed by atoms with Crippen LogP contribution in [0.2, 0.25) is 0 Å². The number of aliphatic imine (C=N–C) groups is 1. The van der Waals surface area contributed by atoms with E-state index < -0.39 is 5.60 Å². The molecule has 0 spiro atoms. The number of carbonyl (C=O) groups is 1. The topological polar surface area (TPSA) is 47.9 Å². The molecule has 20 heavy (non-hydrogen) atoms. The molecular formula is C16H21NO3. The summed E-state index contributed by atoms with van der Waals surface area (Å²) in [5.41, 5.74) is 1.70. The van der Waals surface area contributed by atoms with E-state index in [-0.39, 0.29) is 12.0 Å². The Morgan fingerprint density at radius 3 is 2.40 bits per heavy atom. The lowest BCUT2D eigenvalue weighted by atomic mass is 10.1. The molecule has 0 aliphatic carbocycles. The molecule has 1 aromatic carbocycles. The van der Waals surface area contributed by atoms with E-state index in [0.717, 1.165) is 24.3 Å². The highest BCUT2D eigenvalue weighted by Gasteiger charge is 2.37. The van der Waals surface area contributed by atoms with E-state index in [1.54, 1.807) is 7.11 Å². The molecular weight excluding hydrogens is 254 g/mol. The predicted molar refractivity (Wildman–Crippen MR) is 78.4 cm³/mol. The van der Waals surface area contributed by atoms with E-state index in [0.29, 0.717) is 0 Å². The van der Waals surface area contributed by atoms with Gasteiger partial charge in [0.05, 0.1) is 12.8 Å². The van der Waals surface area contributed by atoms with Crippen LogP contribution < -0.4 is 4.74 Å². The van der Waals surface area contributed by atoms with E-state index in [1.165, 1.54) is 5.56 Å². The van der Waals surface area contributed by atoms with Crippen molar-refractivity contribution >= 4 is 11.7 Å². The summed E-state index contributed by atoms with van der Waals surface area (Å²) in [7, 11) is 1.65. The lowest BCUT2D eigenvalue weighted by Crippen LogP contribution is -2.28. The van der Waals surface area contributed by atoms with Crippen LogP contribution in [0.5, 0.6) is 5.75 Å². The van der Waals surface area contributed by atoms with Gasteiger partial charge in [-0.1, -0.05) is 12.1 Å². The van der Waals surface area contributed by atoms with Gasteiger partial charge in [0.2, 0.25) is 0 Å². The summed E-state index contributed by atoms with van der Waals surface area (Å²) in [5.74, 6) is 0.617. The van der Waals surface area contributed by atoms with E-state index in [4.69, 9.17) is 9.47 Å². The lowest BCUT2D eigenvalue weighted by molar-refractivity contribution is -0.153. The Kier molecular flexibility index (Phi) is 4.12. The van der Waals surface area contributed by atoms with Crippen LogP contribution in [0, 0.1) is 0 Å². The van der Waals surface area contributed by atoms with Crippen molar-refractivity contribution in [3.8, 4) is 5.75 Å². The minimum absolute atomic E-state index is 0.234. The molecule has 1 aromatic rings. The van der Waals surface area contributed by atoms with Gasteiger partial charge in [0.15, 0.2) is 6.04 Å². The Bertz CT molecular complexity index is 512. The molecule has 1 aliphatic heterocycles. The summed E-state index contributed by atoms with van der Waals surface area (Å²) < 4.78 is 10.4. The maximum atomic E-state index is 11.8. The summed E-state index contributed by atoms with van der Waals surface area (Å²) in [6.45, 7) is 5.60. The Morgan fingerprint density at radius 1 is 1.20 bits per heavy atom. The zero-order valence-electron chi connectivity index (χ0n) is 12.5. The number of hydrogen-bond donors (Lipinski definition) is 0. The average molecular weight is 275 g/mol. The largest absolute Gasteiger partial charge is 0.497 e. The third kappa shape index (κ3) is 4.08. The normalized spacial score (nSPS) is 17.4. The van der Waals surface area contributed by atoms with Crippen LogP contribution in [-0.4, -0.2) is 30.4 Å². The number of ether oxygens (including phenoxy) is 2. The van der Waals surface area contributed by atoms with E-state index >= 15 is 0 Å². The summed E-state index contributed by atoms with van der Waals surface area (Å²) in [5, 5.41) is 0. The van der Waals surface area contributed by atoms with Gasteiger partial charge in [0, 0.05) is 0 Å². The van der Waals surface area contributed by atoms with Crippen molar-refractivity contribution < 1.29 is 14.3 Å². The minimum atomic E-state index is -0.448. The van der Waals surface area contributed by atoms with E-state index in [2.05, 4.69) is 4.99 Å². The Morgan fingerprint density at radius 2 is 1.85 bits per heavy atom. The first-order chi connectivity index (χ1) is 9.39. The average Bonchev–Trinajstić information content (AvgIpc) is 3.14. The molecule has 0 N–H and O–H groups in total. The number of hydrogen-bond acceptors (Lipinski definition) is 4. The molecule has 0 fully saturated rings. The van der Waals surface area contributed by atoms with Crippen molar-refractivity contribution in [1.29, 1.82) is 0 Å². The van der Waals surface area contributed by atoms with Crippen molar-refractivity contribution in [2.24, 2.45) is 4.99 Å². The molecule has 4 heteroatoms. The predicted octanol–water partition coefficient (Wildman–Crippen LogP) is 2.79. The molecule has 1 atom stereocenters. The van der Waals surface area contributed by atoms with Gasteiger partial charge in [-0.05, 0) is 51.3 Å². The molecule has 1 unspecified atom stereocenters. The monoisotopic (exact) mass is 275 g/mol. The third-order valence-electron chi connectivity index (χ3n) is 3.00. The molecule has 4 nitrogen and oxygen atoms in total. The number of methoxy groups -OCH3 is 1. The van der Waals surface area contributed by atoms with Gasteiger partial charge in [-0.3, -0.25) is 4.99 Å². The van der Waals surface area contributed by atoms with Gasteiger partial charge in [0.25, 0.3) is 0 Å². The van der Waals surface area contributed by atoms with Crippen LogP contribution in [0.25, 0.3) is 0 Å². The fourth-order valence-corrected chi connectivity index (χ4v) is 1.94. The first-order valence-electron chi connectivity index (χ1n) is 6.81. The van der Waals surface area contributed by atoms with Crippen LogP contribution in [0.1, 0.15) is 32.8 Å². The van der Waals surface area contributed by atoms with Crippen molar-refractivity contribution in [2.75, 3.05) is 7.11 Å². The Labute approximate surface area is 119 Å². The fourth-order valence-electron chi connectivity index (χ4n) is 1.94. The lowest BCUT2D eigenvalue weighted by Gasteiger charge is -2.18. The van der Waals surface area contributed by atoms with Crippen LogP contribution >= 0.6 is 0 Å². The molecule has 0 saturated heterocycles.